The highest BCUT2D eigenvalue weighted by Gasteiger charge is 2.31. The van der Waals surface area contributed by atoms with Crippen molar-refractivity contribution in [2.24, 2.45) is 0 Å². The maximum absolute atomic E-state index is 12.9. The van der Waals surface area contributed by atoms with Crippen LogP contribution in [-0.2, 0) is 0 Å². The molecule has 0 radical (unpaired) electrons. The van der Waals surface area contributed by atoms with Crippen LogP contribution in [0.4, 0.5) is 18.3 Å². The number of amides is 1. The van der Waals surface area contributed by atoms with Gasteiger partial charge < -0.3 is 9.26 Å². The van der Waals surface area contributed by atoms with Crippen LogP contribution in [0.15, 0.2) is 58.6 Å². The quantitative estimate of drug-likeness (QED) is 0.446. The minimum Gasteiger partial charge on any atom is -0.406 e. The highest BCUT2D eigenvalue weighted by molar-refractivity contribution is 7.14. The van der Waals surface area contributed by atoms with Crippen LogP contribution in [-0.4, -0.2) is 27.4 Å². The summed E-state index contributed by atoms with van der Waals surface area (Å²) in [7, 11) is 0. The molecular formula is C20H13F3N4O3S. The molecule has 4 aromatic rings. The van der Waals surface area contributed by atoms with Crippen molar-refractivity contribution < 1.29 is 27.2 Å². The Morgan fingerprint density at radius 1 is 1.13 bits per heavy atom. The van der Waals surface area contributed by atoms with Gasteiger partial charge in [-0.1, -0.05) is 11.2 Å². The molecule has 0 atom stereocenters. The van der Waals surface area contributed by atoms with Crippen LogP contribution in [0.1, 0.15) is 16.1 Å². The van der Waals surface area contributed by atoms with Gasteiger partial charge in [0.25, 0.3) is 5.91 Å². The molecule has 0 aliphatic rings. The number of aryl methyl sites for hydroxylation is 1. The molecule has 0 saturated carbocycles. The van der Waals surface area contributed by atoms with Gasteiger partial charge in [0.05, 0.1) is 5.69 Å². The van der Waals surface area contributed by atoms with Crippen molar-refractivity contribution in [3.63, 3.8) is 0 Å². The van der Waals surface area contributed by atoms with Gasteiger partial charge in [-0.3, -0.25) is 15.1 Å². The number of anilines is 1. The molecule has 0 aliphatic carbocycles. The Hall–Kier alpha value is -3.73. The number of hydrogen-bond donors (Lipinski definition) is 1. The van der Waals surface area contributed by atoms with E-state index in [4.69, 9.17) is 4.52 Å². The van der Waals surface area contributed by atoms with E-state index in [-0.39, 0.29) is 22.8 Å². The minimum atomic E-state index is -4.79. The van der Waals surface area contributed by atoms with Gasteiger partial charge in [-0.15, -0.1) is 24.5 Å². The fourth-order valence-electron chi connectivity index (χ4n) is 2.77. The Labute approximate surface area is 177 Å². The molecule has 11 heteroatoms. The molecule has 3 aromatic heterocycles. The molecule has 3 heterocycles. The highest BCUT2D eigenvalue weighted by atomic mass is 32.1. The number of alkyl halides is 3. The first-order chi connectivity index (χ1) is 14.8. The summed E-state index contributed by atoms with van der Waals surface area (Å²) in [5.41, 5.74) is 2.02. The van der Waals surface area contributed by atoms with Crippen LogP contribution in [0, 0.1) is 6.92 Å². The third-order valence-electron chi connectivity index (χ3n) is 4.10. The number of ether oxygens (including phenoxy) is 1. The molecule has 0 spiro atoms. The van der Waals surface area contributed by atoms with Gasteiger partial charge in [0.15, 0.2) is 5.13 Å². The lowest BCUT2D eigenvalue weighted by Gasteiger charge is -2.09. The van der Waals surface area contributed by atoms with E-state index in [1.54, 1.807) is 30.6 Å². The van der Waals surface area contributed by atoms with Crippen LogP contribution in [0.2, 0.25) is 0 Å². The average molecular weight is 446 g/mol. The number of thiazole rings is 1. The molecule has 0 unspecified atom stereocenters. The van der Waals surface area contributed by atoms with Crippen molar-refractivity contribution in [3.8, 4) is 28.4 Å². The van der Waals surface area contributed by atoms with E-state index >= 15 is 0 Å². The van der Waals surface area contributed by atoms with Crippen molar-refractivity contribution >= 4 is 22.4 Å². The summed E-state index contributed by atoms with van der Waals surface area (Å²) in [5, 5.41) is 8.69. The van der Waals surface area contributed by atoms with E-state index < -0.39 is 12.3 Å². The zero-order chi connectivity index (χ0) is 22.0. The SMILES string of the molecule is Cc1onc(-c2ccc(OC(F)(F)F)cc2)c1C(=O)Nc1nc(-c2ccccn2)cs1. The molecule has 1 amide bonds. The summed E-state index contributed by atoms with van der Waals surface area (Å²) in [6.45, 7) is 1.56. The molecule has 0 aliphatic heterocycles. The number of carbonyl (C=O) groups excluding carboxylic acids is 1. The first-order valence-electron chi connectivity index (χ1n) is 8.81. The fraction of sp³-hybridized carbons (Fsp3) is 0.100. The summed E-state index contributed by atoms with van der Waals surface area (Å²) < 4.78 is 46.0. The zero-order valence-electron chi connectivity index (χ0n) is 15.8. The maximum Gasteiger partial charge on any atom is 0.573 e. The first kappa shape index (κ1) is 20.5. The standard InChI is InChI=1S/C20H13F3N4O3S/c1-11-16(17(27-30-11)12-5-7-13(8-6-12)29-20(21,22)23)18(28)26-19-25-15(10-31-19)14-4-2-3-9-24-14/h2-10H,1H3,(H,25,26,28). The van der Waals surface area contributed by atoms with Crippen LogP contribution >= 0.6 is 11.3 Å². The largest absolute Gasteiger partial charge is 0.573 e. The molecule has 7 nitrogen and oxygen atoms in total. The lowest BCUT2D eigenvalue weighted by atomic mass is 10.1. The van der Waals surface area contributed by atoms with Crippen molar-refractivity contribution in [2.75, 3.05) is 5.32 Å². The molecule has 1 N–H and O–H groups in total. The number of carbonyl (C=O) groups is 1. The molecule has 31 heavy (non-hydrogen) atoms. The van der Waals surface area contributed by atoms with Gasteiger partial charge in [-0.2, -0.15) is 0 Å². The summed E-state index contributed by atoms with van der Waals surface area (Å²) in [4.78, 5) is 21.4. The van der Waals surface area contributed by atoms with Crippen molar-refractivity contribution in [2.45, 2.75) is 13.3 Å². The number of nitrogens with zero attached hydrogens (tertiary/aromatic N) is 3. The van der Waals surface area contributed by atoms with Gasteiger partial charge in [-0.05, 0) is 43.3 Å². The zero-order valence-corrected chi connectivity index (χ0v) is 16.6. The molecule has 0 bridgehead atoms. The fourth-order valence-corrected chi connectivity index (χ4v) is 3.47. The first-order valence-corrected chi connectivity index (χ1v) is 9.69. The monoisotopic (exact) mass is 446 g/mol. The normalized spacial score (nSPS) is 11.4. The molecule has 0 fully saturated rings. The number of hydrogen-bond acceptors (Lipinski definition) is 7. The van der Waals surface area contributed by atoms with E-state index in [0.29, 0.717) is 22.1 Å². The van der Waals surface area contributed by atoms with Gasteiger partial charge in [0.1, 0.15) is 28.5 Å². The van der Waals surface area contributed by atoms with Crippen LogP contribution in [0.25, 0.3) is 22.6 Å². The number of nitrogens with one attached hydrogen (secondary N) is 1. The van der Waals surface area contributed by atoms with E-state index in [9.17, 15) is 18.0 Å². The summed E-state index contributed by atoms with van der Waals surface area (Å²) in [6.07, 6.45) is -3.15. The molecule has 158 valence electrons. The molecular weight excluding hydrogens is 433 g/mol. The number of pyridine rings is 1. The van der Waals surface area contributed by atoms with Gasteiger partial charge in [-0.25, -0.2) is 4.98 Å². The van der Waals surface area contributed by atoms with Crippen LogP contribution < -0.4 is 10.1 Å². The third-order valence-corrected chi connectivity index (χ3v) is 4.86. The van der Waals surface area contributed by atoms with Gasteiger partial charge >= 0.3 is 6.36 Å². The number of aromatic nitrogens is 3. The second-order valence-corrected chi connectivity index (χ2v) is 7.10. The number of benzene rings is 1. The maximum atomic E-state index is 12.9. The summed E-state index contributed by atoms with van der Waals surface area (Å²) in [5.74, 6) is -0.636. The van der Waals surface area contributed by atoms with Crippen molar-refractivity contribution in [1.29, 1.82) is 0 Å². The smallest absolute Gasteiger partial charge is 0.406 e. The topological polar surface area (TPSA) is 90.1 Å². The number of rotatable bonds is 5. The minimum absolute atomic E-state index is 0.152. The molecule has 1 aromatic carbocycles. The second kappa shape index (κ2) is 8.19. The lowest BCUT2D eigenvalue weighted by molar-refractivity contribution is -0.274. The molecule has 4 rings (SSSR count). The van der Waals surface area contributed by atoms with Crippen LogP contribution in [0.3, 0.4) is 0 Å². The Balaban J connectivity index is 1.55. The van der Waals surface area contributed by atoms with E-state index in [2.05, 4.69) is 25.2 Å². The highest BCUT2D eigenvalue weighted by Crippen LogP contribution is 2.30. The predicted octanol–water partition coefficient (Wildman–Crippen LogP) is 5.32. The average Bonchev–Trinajstić information content (AvgIpc) is 3.35. The van der Waals surface area contributed by atoms with Gasteiger partial charge in [0, 0.05) is 17.1 Å². The predicted molar refractivity (Wildman–Crippen MR) is 107 cm³/mol. The Bertz CT molecular complexity index is 1200. The lowest BCUT2D eigenvalue weighted by Crippen LogP contribution is -2.17. The Kier molecular flexibility index (Phi) is 5.42. The summed E-state index contributed by atoms with van der Waals surface area (Å²) in [6, 6.07) is 10.4. The van der Waals surface area contributed by atoms with Crippen molar-refractivity contribution in [3.05, 3.63) is 65.4 Å². The van der Waals surface area contributed by atoms with E-state index in [0.717, 1.165) is 12.1 Å². The van der Waals surface area contributed by atoms with E-state index in [1.807, 2.05) is 6.07 Å². The van der Waals surface area contributed by atoms with Gasteiger partial charge in [0.2, 0.25) is 0 Å². The Morgan fingerprint density at radius 2 is 1.90 bits per heavy atom. The Morgan fingerprint density at radius 3 is 2.58 bits per heavy atom. The van der Waals surface area contributed by atoms with Crippen LogP contribution in [0.5, 0.6) is 5.75 Å². The summed E-state index contributed by atoms with van der Waals surface area (Å²) >= 11 is 1.23. The van der Waals surface area contributed by atoms with E-state index in [1.165, 1.54) is 23.5 Å². The molecule has 0 saturated heterocycles. The second-order valence-electron chi connectivity index (χ2n) is 6.24. The third kappa shape index (κ3) is 4.72. The number of halogens is 3. The van der Waals surface area contributed by atoms with Crippen molar-refractivity contribution in [1.82, 2.24) is 15.1 Å².